The number of aromatic nitrogens is 2. The van der Waals surface area contributed by atoms with Crippen molar-refractivity contribution in [3.8, 4) is 0 Å². The maximum atomic E-state index is 11.3. The van der Waals surface area contributed by atoms with Gasteiger partial charge in [-0.1, -0.05) is 0 Å². The number of amides is 1. The molecule has 0 aromatic carbocycles. The topological polar surface area (TPSA) is 52.2 Å². The third-order valence-corrected chi connectivity index (χ3v) is 4.61. The fourth-order valence-electron chi connectivity index (χ4n) is 3.41. The van der Waals surface area contributed by atoms with Crippen molar-refractivity contribution in [3.05, 3.63) is 18.0 Å². The van der Waals surface area contributed by atoms with Crippen molar-refractivity contribution in [1.29, 1.82) is 0 Å². The van der Waals surface area contributed by atoms with Crippen molar-refractivity contribution in [2.45, 2.75) is 38.1 Å². The highest BCUT2D eigenvalue weighted by Gasteiger charge is 2.32. The van der Waals surface area contributed by atoms with Gasteiger partial charge in [-0.15, -0.1) is 0 Å². The van der Waals surface area contributed by atoms with Gasteiger partial charge in [0.1, 0.15) is 0 Å². The molecule has 3 heterocycles. The summed E-state index contributed by atoms with van der Waals surface area (Å²) in [6, 6.07) is 2.75. The highest BCUT2D eigenvalue weighted by atomic mass is 16.2. The minimum atomic E-state index is 0.218. The first-order valence-corrected chi connectivity index (χ1v) is 7.23. The lowest BCUT2D eigenvalue weighted by Crippen LogP contribution is -2.45. The summed E-state index contributed by atoms with van der Waals surface area (Å²) in [5.74, 6) is 0.823. The number of likely N-dealkylation sites (tertiary alicyclic amines) is 2. The Kier molecular flexibility index (Phi) is 3.55. The Morgan fingerprint density at radius 3 is 2.74 bits per heavy atom. The number of nitrogens with zero attached hydrogens (tertiary/aromatic N) is 3. The number of hydrogen-bond donors (Lipinski definition) is 1. The Morgan fingerprint density at radius 1 is 1.32 bits per heavy atom. The SMILES string of the molecule is CC(=O)N1CCC(N2CC[C@@H](c3ccn[nH]3)C2)CC1. The van der Waals surface area contributed by atoms with Gasteiger partial charge in [0.15, 0.2) is 0 Å². The molecule has 19 heavy (non-hydrogen) atoms. The summed E-state index contributed by atoms with van der Waals surface area (Å²) in [5.41, 5.74) is 1.27. The predicted octanol–water partition coefficient (Wildman–Crippen LogP) is 1.21. The average Bonchev–Trinajstić information content (AvgIpc) is 3.10. The van der Waals surface area contributed by atoms with Gasteiger partial charge in [-0.05, 0) is 31.9 Å². The summed E-state index contributed by atoms with van der Waals surface area (Å²) in [6.45, 7) is 5.82. The Balaban J connectivity index is 1.53. The van der Waals surface area contributed by atoms with Gasteiger partial charge >= 0.3 is 0 Å². The summed E-state index contributed by atoms with van der Waals surface area (Å²) >= 11 is 0. The lowest BCUT2D eigenvalue weighted by molar-refractivity contribution is -0.130. The van der Waals surface area contributed by atoms with E-state index >= 15 is 0 Å². The molecule has 2 fully saturated rings. The molecular weight excluding hydrogens is 240 g/mol. The second-order valence-electron chi connectivity index (χ2n) is 5.73. The van der Waals surface area contributed by atoms with E-state index in [1.54, 1.807) is 6.92 Å². The lowest BCUT2D eigenvalue weighted by atomic mass is 10.0. The summed E-state index contributed by atoms with van der Waals surface area (Å²) in [6.07, 6.45) is 5.29. The minimum absolute atomic E-state index is 0.218. The zero-order valence-electron chi connectivity index (χ0n) is 11.5. The fourth-order valence-corrected chi connectivity index (χ4v) is 3.41. The van der Waals surface area contributed by atoms with Gasteiger partial charge in [0.2, 0.25) is 5.91 Å². The van der Waals surface area contributed by atoms with E-state index in [0.717, 1.165) is 32.5 Å². The molecule has 1 aromatic rings. The Labute approximate surface area is 114 Å². The standard InChI is InChI=1S/C14H22N4O/c1-11(19)17-8-4-13(5-9-17)18-7-3-12(10-18)14-2-6-15-16-14/h2,6,12-13H,3-5,7-10H2,1H3,(H,15,16)/t12-/m1/s1. The molecule has 1 amide bonds. The van der Waals surface area contributed by atoms with Crippen LogP contribution in [0.1, 0.15) is 37.8 Å². The fraction of sp³-hybridized carbons (Fsp3) is 0.714. The normalized spacial score (nSPS) is 25.9. The van der Waals surface area contributed by atoms with Crippen LogP contribution in [0.25, 0.3) is 0 Å². The molecule has 1 aromatic heterocycles. The van der Waals surface area contributed by atoms with E-state index in [4.69, 9.17) is 0 Å². The number of piperidine rings is 1. The molecule has 0 radical (unpaired) electrons. The van der Waals surface area contributed by atoms with E-state index < -0.39 is 0 Å². The predicted molar refractivity (Wildman–Crippen MR) is 72.8 cm³/mol. The molecule has 2 aliphatic rings. The highest BCUT2D eigenvalue weighted by Crippen LogP contribution is 2.29. The van der Waals surface area contributed by atoms with E-state index in [0.29, 0.717) is 12.0 Å². The maximum absolute atomic E-state index is 11.3. The molecule has 2 aliphatic heterocycles. The van der Waals surface area contributed by atoms with Gasteiger partial charge < -0.3 is 4.90 Å². The van der Waals surface area contributed by atoms with Crippen molar-refractivity contribution in [1.82, 2.24) is 20.0 Å². The molecule has 1 N–H and O–H groups in total. The molecule has 1 atom stereocenters. The number of aromatic amines is 1. The van der Waals surface area contributed by atoms with Crippen molar-refractivity contribution in [2.24, 2.45) is 0 Å². The molecule has 2 saturated heterocycles. The van der Waals surface area contributed by atoms with Crippen LogP contribution < -0.4 is 0 Å². The second-order valence-corrected chi connectivity index (χ2v) is 5.73. The molecule has 3 rings (SSSR count). The molecule has 5 nitrogen and oxygen atoms in total. The molecule has 0 saturated carbocycles. The van der Waals surface area contributed by atoms with Gasteiger partial charge in [0.25, 0.3) is 0 Å². The number of rotatable bonds is 2. The first-order valence-electron chi connectivity index (χ1n) is 7.23. The zero-order chi connectivity index (χ0) is 13.2. The van der Waals surface area contributed by atoms with Gasteiger partial charge in [0, 0.05) is 50.4 Å². The average molecular weight is 262 g/mol. The zero-order valence-corrected chi connectivity index (χ0v) is 11.5. The van der Waals surface area contributed by atoms with E-state index in [1.807, 2.05) is 11.1 Å². The van der Waals surface area contributed by atoms with Crippen LogP contribution >= 0.6 is 0 Å². The van der Waals surface area contributed by atoms with E-state index in [-0.39, 0.29) is 5.91 Å². The maximum Gasteiger partial charge on any atom is 0.219 e. The summed E-state index contributed by atoms with van der Waals surface area (Å²) in [7, 11) is 0. The van der Waals surface area contributed by atoms with Crippen molar-refractivity contribution in [3.63, 3.8) is 0 Å². The summed E-state index contributed by atoms with van der Waals surface area (Å²) < 4.78 is 0. The van der Waals surface area contributed by atoms with Crippen molar-refractivity contribution in [2.75, 3.05) is 26.2 Å². The van der Waals surface area contributed by atoms with Crippen LogP contribution in [0, 0.1) is 0 Å². The lowest BCUT2D eigenvalue weighted by Gasteiger charge is -2.36. The van der Waals surface area contributed by atoms with E-state index in [2.05, 4.69) is 21.2 Å². The van der Waals surface area contributed by atoms with Gasteiger partial charge in [-0.3, -0.25) is 14.8 Å². The number of hydrogen-bond acceptors (Lipinski definition) is 3. The van der Waals surface area contributed by atoms with Gasteiger partial charge in [-0.2, -0.15) is 5.10 Å². The minimum Gasteiger partial charge on any atom is -0.343 e. The first kappa shape index (κ1) is 12.7. The number of H-pyrrole nitrogens is 1. The Hall–Kier alpha value is -1.36. The molecular formula is C14H22N4O. The van der Waals surface area contributed by atoms with Gasteiger partial charge in [-0.25, -0.2) is 0 Å². The molecule has 0 aliphatic carbocycles. The van der Waals surface area contributed by atoms with Crippen LogP contribution in [0.2, 0.25) is 0 Å². The van der Waals surface area contributed by atoms with Crippen LogP contribution in [0.15, 0.2) is 12.3 Å². The molecule has 0 unspecified atom stereocenters. The van der Waals surface area contributed by atoms with E-state index in [1.165, 1.54) is 18.7 Å². The largest absolute Gasteiger partial charge is 0.343 e. The molecule has 5 heteroatoms. The van der Waals surface area contributed by atoms with Gasteiger partial charge in [0.05, 0.1) is 0 Å². The van der Waals surface area contributed by atoms with Crippen LogP contribution in [0.4, 0.5) is 0 Å². The third-order valence-electron chi connectivity index (χ3n) is 4.61. The highest BCUT2D eigenvalue weighted by molar-refractivity contribution is 5.73. The Bertz CT molecular complexity index is 423. The molecule has 0 bridgehead atoms. The van der Waals surface area contributed by atoms with Crippen LogP contribution in [-0.4, -0.2) is 58.1 Å². The molecule has 0 spiro atoms. The Morgan fingerprint density at radius 2 is 2.11 bits per heavy atom. The van der Waals surface area contributed by atoms with E-state index in [9.17, 15) is 4.79 Å². The van der Waals surface area contributed by atoms with Crippen LogP contribution in [0.3, 0.4) is 0 Å². The first-order chi connectivity index (χ1) is 9.24. The third kappa shape index (κ3) is 2.66. The summed E-state index contributed by atoms with van der Waals surface area (Å²) in [4.78, 5) is 15.9. The summed E-state index contributed by atoms with van der Waals surface area (Å²) in [5, 5.41) is 7.14. The number of nitrogens with one attached hydrogen (secondary N) is 1. The quantitative estimate of drug-likeness (QED) is 0.871. The monoisotopic (exact) mass is 262 g/mol. The molecule has 104 valence electrons. The smallest absolute Gasteiger partial charge is 0.219 e. The second kappa shape index (κ2) is 5.33. The van der Waals surface area contributed by atoms with Crippen molar-refractivity contribution >= 4 is 5.91 Å². The van der Waals surface area contributed by atoms with Crippen LogP contribution in [-0.2, 0) is 4.79 Å². The number of carbonyl (C=O) groups excluding carboxylic acids is 1. The van der Waals surface area contributed by atoms with Crippen LogP contribution in [0.5, 0.6) is 0 Å². The number of carbonyl (C=O) groups is 1. The van der Waals surface area contributed by atoms with Crippen molar-refractivity contribution < 1.29 is 4.79 Å².